The molecular weight excluding hydrogens is 216 g/mol. The molecule has 3 unspecified atom stereocenters. The van der Waals surface area contributed by atoms with Crippen LogP contribution in [-0.2, 0) is 4.79 Å². The van der Waals surface area contributed by atoms with Gasteiger partial charge in [0.1, 0.15) is 0 Å². The molecule has 3 N–H and O–H groups in total. The van der Waals surface area contributed by atoms with Gasteiger partial charge in [-0.1, -0.05) is 13.3 Å². The molecule has 0 bridgehead atoms. The van der Waals surface area contributed by atoms with Crippen molar-refractivity contribution < 1.29 is 9.90 Å². The summed E-state index contributed by atoms with van der Waals surface area (Å²) < 4.78 is 0. The molecule has 1 aliphatic carbocycles. The van der Waals surface area contributed by atoms with Crippen LogP contribution in [0.4, 0.5) is 0 Å². The Morgan fingerprint density at radius 2 is 2.18 bits per heavy atom. The molecular formula is C13H26N2O2. The summed E-state index contributed by atoms with van der Waals surface area (Å²) in [7, 11) is 0. The van der Waals surface area contributed by atoms with E-state index in [-0.39, 0.29) is 24.5 Å². The van der Waals surface area contributed by atoms with Crippen molar-refractivity contribution in [2.24, 2.45) is 17.6 Å². The van der Waals surface area contributed by atoms with Crippen molar-refractivity contribution in [2.45, 2.75) is 45.6 Å². The molecule has 1 fully saturated rings. The van der Waals surface area contributed by atoms with Gasteiger partial charge in [-0.15, -0.1) is 0 Å². The van der Waals surface area contributed by atoms with E-state index >= 15 is 0 Å². The van der Waals surface area contributed by atoms with Crippen molar-refractivity contribution in [1.82, 2.24) is 4.90 Å². The van der Waals surface area contributed by atoms with Crippen LogP contribution in [0, 0.1) is 11.8 Å². The first-order chi connectivity index (χ1) is 8.11. The Bertz CT molecular complexity index is 246. The minimum Gasteiger partial charge on any atom is -0.396 e. The summed E-state index contributed by atoms with van der Waals surface area (Å²) >= 11 is 0. The standard InChI is InChI=1S/C13H26N2O2/c1-3-15(8-5-9-16)13(17)11-7-4-6-10(2)12(11)14/h10-12,16H,3-9,14H2,1-2H3. The molecule has 3 atom stereocenters. The number of nitrogens with two attached hydrogens (primary N) is 1. The quantitative estimate of drug-likeness (QED) is 0.755. The van der Waals surface area contributed by atoms with Crippen molar-refractivity contribution in [1.29, 1.82) is 0 Å². The zero-order valence-electron chi connectivity index (χ0n) is 11.1. The van der Waals surface area contributed by atoms with Crippen LogP contribution >= 0.6 is 0 Å². The molecule has 0 aromatic rings. The van der Waals surface area contributed by atoms with Gasteiger partial charge in [0.2, 0.25) is 5.91 Å². The topological polar surface area (TPSA) is 66.6 Å². The second-order valence-electron chi connectivity index (χ2n) is 5.09. The third-order valence-corrected chi connectivity index (χ3v) is 3.89. The summed E-state index contributed by atoms with van der Waals surface area (Å²) in [5.41, 5.74) is 6.15. The molecule has 0 aromatic heterocycles. The smallest absolute Gasteiger partial charge is 0.227 e. The van der Waals surface area contributed by atoms with Gasteiger partial charge in [0.25, 0.3) is 0 Å². The normalized spacial score (nSPS) is 29.1. The third kappa shape index (κ3) is 3.68. The first-order valence-corrected chi connectivity index (χ1v) is 6.77. The molecule has 4 nitrogen and oxygen atoms in total. The summed E-state index contributed by atoms with van der Waals surface area (Å²) in [6.45, 7) is 5.60. The number of hydrogen-bond donors (Lipinski definition) is 2. The van der Waals surface area contributed by atoms with E-state index in [0.717, 1.165) is 19.3 Å². The fourth-order valence-electron chi connectivity index (χ4n) is 2.65. The number of aliphatic hydroxyl groups is 1. The van der Waals surface area contributed by atoms with Crippen molar-refractivity contribution in [2.75, 3.05) is 19.7 Å². The van der Waals surface area contributed by atoms with Gasteiger partial charge in [0.05, 0.1) is 5.92 Å². The molecule has 1 amide bonds. The van der Waals surface area contributed by atoms with E-state index in [1.165, 1.54) is 0 Å². The lowest BCUT2D eigenvalue weighted by molar-refractivity contribution is -0.137. The summed E-state index contributed by atoms with van der Waals surface area (Å²) in [5, 5.41) is 8.83. The predicted octanol–water partition coefficient (Wildman–Crippen LogP) is 0.981. The molecule has 0 saturated heterocycles. The minimum atomic E-state index is -0.0163. The molecule has 1 rings (SSSR count). The number of amides is 1. The lowest BCUT2D eigenvalue weighted by Gasteiger charge is -2.36. The maximum atomic E-state index is 12.4. The monoisotopic (exact) mass is 242 g/mol. The van der Waals surface area contributed by atoms with Crippen LogP contribution in [0.25, 0.3) is 0 Å². The average Bonchev–Trinajstić information content (AvgIpc) is 2.33. The molecule has 0 spiro atoms. The van der Waals surface area contributed by atoms with Crippen LogP contribution in [0.3, 0.4) is 0 Å². The largest absolute Gasteiger partial charge is 0.396 e. The predicted molar refractivity (Wildman–Crippen MR) is 68.4 cm³/mol. The van der Waals surface area contributed by atoms with Gasteiger partial charge < -0.3 is 15.7 Å². The highest BCUT2D eigenvalue weighted by Gasteiger charge is 2.34. The Labute approximate surface area is 104 Å². The van der Waals surface area contributed by atoms with Crippen LogP contribution in [0.2, 0.25) is 0 Å². The van der Waals surface area contributed by atoms with Gasteiger partial charge in [-0.2, -0.15) is 0 Å². The fraction of sp³-hybridized carbons (Fsp3) is 0.923. The van der Waals surface area contributed by atoms with Crippen molar-refractivity contribution in [3.05, 3.63) is 0 Å². The molecule has 1 aliphatic rings. The summed E-state index contributed by atoms with van der Waals surface area (Å²) in [4.78, 5) is 14.2. The van der Waals surface area contributed by atoms with Crippen molar-refractivity contribution >= 4 is 5.91 Å². The van der Waals surface area contributed by atoms with E-state index in [0.29, 0.717) is 25.4 Å². The van der Waals surface area contributed by atoms with Crippen LogP contribution in [0.15, 0.2) is 0 Å². The average molecular weight is 242 g/mol. The maximum absolute atomic E-state index is 12.4. The third-order valence-electron chi connectivity index (χ3n) is 3.89. The van der Waals surface area contributed by atoms with E-state index in [4.69, 9.17) is 10.8 Å². The summed E-state index contributed by atoms with van der Waals surface area (Å²) in [6.07, 6.45) is 3.80. The molecule has 4 heteroatoms. The first kappa shape index (κ1) is 14.5. The van der Waals surface area contributed by atoms with Gasteiger partial charge in [-0.05, 0) is 32.1 Å². The number of carbonyl (C=O) groups excluding carboxylic acids is 1. The summed E-state index contributed by atoms with van der Waals surface area (Å²) in [5.74, 6) is 0.603. The van der Waals surface area contributed by atoms with Crippen LogP contribution in [0.1, 0.15) is 39.5 Å². The van der Waals surface area contributed by atoms with Gasteiger partial charge in [0, 0.05) is 25.7 Å². The molecule has 0 heterocycles. The highest BCUT2D eigenvalue weighted by atomic mass is 16.3. The van der Waals surface area contributed by atoms with Crippen molar-refractivity contribution in [3.8, 4) is 0 Å². The number of aliphatic hydroxyl groups excluding tert-OH is 1. The van der Waals surface area contributed by atoms with Crippen LogP contribution < -0.4 is 5.73 Å². The van der Waals surface area contributed by atoms with Gasteiger partial charge in [0.15, 0.2) is 0 Å². The zero-order chi connectivity index (χ0) is 12.8. The first-order valence-electron chi connectivity index (χ1n) is 6.77. The summed E-state index contributed by atoms with van der Waals surface area (Å²) in [6, 6.07) is -0.000531. The Kier molecular flexibility index (Phi) is 5.92. The molecule has 1 saturated carbocycles. The van der Waals surface area contributed by atoms with E-state index in [1.54, 1.807) is 0 Å². The second-order valence-corrected chi connectivity index (χ2v) is 5.09. The fourth-order valence-corrected chi connectivity index (χ4v) is 2.65. The second kappa shape index (κ2) is 6.97. The number of nitrogens with zero attached hydrogens (tertiary/aromatic N) is 1. The molecule has 0 radical (unpaired) electrons. The van der Waals surface area contributed by atoms with E-state index < -0.39 is 0 Å². The highest BCUT2D eigenvalue weighted by Crippen LogP contribution is 2.29. The van der Waals surface area contributed by atoms with Gasteiger partial charge in [-0.25, -0.2) is 0 Å². The number of carbonyl (C=O) groups is 1. The molecule has 100 valence electrons. The van der Waals surface area contributed by atoms with Crippen molar-refractivity contribution in [3.63, 3.8) is 0 Å². The molecule has 17 heavy (non-hydrogen) atoms. The van der Waals surface area contributed by atoms with E-state index in [9.17, 15) is 4.79 Å². The molecule has 0 aliphatic heterocycles. The van der Waals surface area contributed by atoms with Crippen LogP contribution in [0.5, 0.6) is 0 Å². The zero-order valence-corrected chi connectivity index (χ0v) is 11.1. The number of hydrogen-bond acceptors (Lipinski definition) is 3. The Balaban J connectivity index is 2.59. The minimum absolute atomic E-state index is 0.000531. The van der Waals surface area contributed by atoms with Gasteiger partial charge in [-0.3, -0.25) is 4.79 Å². The van der Waals surface area contributed by atoms with Gasteiger partial charge >= 0.3 is 0 Å². The molecule has 0 aromatic carbocycles. The Hall–Kier alpha value is -0.610. The number of rotatable bonds is 5. The Morgan fingerprint density at radius 3 is 2.76 bits per heavy atom. The SMILES string of the molecule is CCN(CCCO)C(=O)C1CCCC(C)C1N. The Morgan fingerprint density at radius 1 is 1.47 bits per heavy atom. The lowest BCUT2D eigenvalue weighted by atomic mass is 9.77. The highest BCUT2D eigenvalue weighted by molar-refractivity contribution is 5.79. The lowest BCUT2D eigenvalue weighted by Crippen LogP contribution is -2.49. The van der Waals surface area contributed by atoms with Crippen LogP contribution in [-0.4, -0.2) is 41.7 Å². The van der Waals surface area contributed by atoms with E-state index in [1.807, 2.05) is 11.8 Å². The van der Waals surface area contributed by atoms with E-state index in [2.05, 4.69) is 6.92 Å². The maximum Gasteiger partial charge on any atom is 0.227 e.